The van der Waals surface area contributed by atoms with Crippen molar-refractivity contribution in [1.82, 2.24) is 15.0 Å². The number of para-hydroxylation sites is 2. The van der Waals surface area contributed by atoms with Gasteiger partial charge in [0.25, 0.3) is 5.91 Å². The Morgan fingerprint density at radius 3 is 2.11 bits per heavy atom. The molecule has 4 aromatic carbocycles. The third kappa shape index (κ3) is 6.75. The molecule has 2 N–H and O–H groups in total. The first-order valence-corrected chi connectivity index (χ1v) is 21.2. The normalized spacial score (nSPS) is 20.6. The Morgan fingerprint density at radius 1 is 0.870 bits per heavy atom. The molecular weight excluding hydrogens is 701 g/mol. The summed E-state index contributed by atoms with van der Waals surface area (Å²) >= 11 is 0. The molecule has 0 radical (unpaired) electrons. The average Bonchev–Trinajstić information content (AvgIpc) is 3.82. The molecule has 1 fully saturated rings. The van der Waals surface area contributed by atoms with Crippen molar-refractivity contribution in [3.05, 3.63) is 126 Å². The van der Waals surface area contributed by atoms with Gasteiger partial charge in [0.05, 0.1) is 24.0 Å². The number of rotatable bonds is 14. The van der Waals surface area contributed by atoms with Gasteiger partial charge in [0, 0.05) is 65.5 Å². The van der Waals surface area contributed by atoms with Crippen LogP contribution >= 0.6 is 0 Å². The maximum atomic E-state index is 15.2. The lowest BCUT2D eigenvalue weighted by molar-refractivity contribution is -0.146. The number of ether oxygens (including phenoxy) is 1. The van der Waals surface area contributed by atoms with Gasteiger partial charge in [-0.1, -0.05) is 60.7 Å². The second-order valence-corrected chi connectivity index (χ2v) is 18.5. The molecule has 2 aliphatic rings. The lowest BCUT2D eigenvalue weighted by Gasteiger charge is -2.32. The van der Waals surface area contributed by atoms with Gasteiger partial charge >= 0.3 is 0 Å². The molecule has 7 rings (SSSR count). The summed E-state index contributed by atoms with van der Waals surface area (Å²) in [5.41, 5.74) is 3.59. The highest BCUT2D eigenvalue weighted by Gasteiger charge is 2.66. The van der Waals surface area contributed by atoms with Crippen molar-refractivity contribution in [2.45, 2.75) is 63.2 Å². The van der Waals surface area contributed by atoms with Gasteiger partial charge in [0.15, 0.2) is 13.9 Å². The van der Waals surface area contributed by atoms with E-state index in [1.165, 1.54) is 4.90 Å². The summed E-state index contributed by atoms with van der Waals surface area (Å²) < 4.78 is 8.78. The summed E-state index contributed by atoms with van der Waals surface area (Å²) in [6.45, 7) is 6.35. The van der Waals surface area contributed by atoms with Crippen LogP contribution < -0.4 is 14.7 Å². The summed E-state index contributed by atoms with van der Waals surface area (Å²) in [6.07, 6.45) is 3.68. The van der Waals surface area contributed by atoms with Crippen molar-refractivity contribution in [3.8, 4) is 0 Å². The molecule has 1 spiro atoms. The molecule has 0 bridgehead atoms. The van der Waals surface area contributed by atoms with Crippen LogP contribution in [0.25, 0.3) is 0 Å². The zero-order valence-corrected chi connectivity index (χ0v) is 31.5. The minimum absolute atomic E-state index is 0.0324. The van der Waals surface area contributed by atoms with E-state index in [0.717, 1.165) is 18.4 Å². The van der Waals surface area contributed by atoms with Gasteiger partial charge in [-0.2, -0.15) is 0 Å². The van der Waals surface area contributed by atoms with Crippen molar-refractivity contribution in [1.29, 1.82) is 0 Å². The van der Waals surface area contributed by atoms with Crippen LogP contribution in [0.3, 0.4) is 0 Å². The lowest BCUT2D eigenvalue weighted by Crippen LogP contribution is -2.46. The molecule has 0 aliphatic carbocycles. The van der Waals surface area contributed by atoms with Gasteiger partial charge in [-0.15, -0.1) is 5.10 Å². The summed E-state index contributed by atoms with van der Waals surface area (Å²) in [6, 6.07) is 31.7. The number of aryl methyl sites for hydroxylation is 1. The Hall–Kier alpha value is -5.47. The first-order chi connectivity index (χ1) is 26.1. The SMILES string of the molecule is C[C@@H]1[C@@H]([Si](C)(C)O)[C@H](CCn2cc(CCO)nn2)O[C@@]12C(=O)N(Cc1cccc(N(C=O)c3ccccc3)c1)c1ccc(N(C=O)c3ccccc3)cc12. The van der Waals surface area contributed by atoms with E-state index in [1.54, 1.807) is 20.7 Å². The highest BCUT2D eigenvalue weighted by atomic mass is 28.4. The monoisotopic (exact) mass is 744 g/mol. The molecule has 54 heavy (non-hydrogen) atoms. The van der Waals surface area contributed by atoms with Crippen molar-refractivity contribution in [2.75, 3.05) is 21.3 Å². The number of aromatic nitrogens is 3. The van der Waals surface area contributed by atoms with Gasteiger partial charge in [0.2, 0.25) is 12.8 Å². The van der Waals surface area contributed by atoms with Gasteiger partial charge in [-0.25, -0.2) is 0 Å². The number of amides is 3. The largest absolute Gasteiger partial charge is 0.432 e. The lowest BCUT2D eigenvalue weighted by atomic mass is 9.82. The molecule has 4 atom stereocenters. The van der Waals surface area contributed by atoms with Crippen molar-refractivity contribution in [2.24, 2.45) is 5.92 Å². The van der Waals surface area contributed by atoms with Crippen LogP contribution in [-0.2, 0) is 44.2 Å². The highest BCUT2D eigenvalue weighted by molar-refractivity contribution is 6.71. The third-order valence-electron chi connectivity index (χ3n) is 10.7. The van der Waals surface area contributed by atoms with E-state index in [1.807, 2.05) is 123 Å². The molecule has 0 saturated carbocycles. The number of benzene rings is 4. The Morgan fingerprint density at radius 2 is 1.50 bits per heavy atom. The number of hydrogen-bond acceptors (Lipinski definition) is 8. The molecular formula is C41H44N6O6Si. The van der Waals surface area contributed by atoms with E-state index in [2.05, 4.69) is 10.3 Å². The van der Waals surface area contributed by atoms with Crippen LogP contribution in [0.15, 0.2) is 109 Å². The molecule has 1 saturated heterocycles. The quantitative estimate of drug-likeness (QED) is 0.107. The highest BCUT2D eigenvalue weighted by Crippen LogP contribution is 2.60. The molecule has 1 aromatic heterocycles. The van der Waals surface area contributed by atoms with Gasteiger partial charge in [-0.3, -0.25) is 28.9 Å². The van der Waals surface area contributed by atoms with Crippen LogP contribution in [0.5, 0.6) is 0 Å². The number of nitrogens with zero attached hydrogens (tertiary/aromatic N) is 6. The molecule has 5 aromatic rings. The smallest absolute Gasteiger partial charge is 0.264 e. The fourth-order valence-corrected chi connectivity index (χ4v) is 10.9. The Balaban J connectivity index is 1.29. The number of anilines is 5. The number of aliphatic hydroxyl groups is 1. The van der Waals surface area contributed by atoms with Crippen LogP contribution in [0.1, 0.15) is 30.2 Å². The number of aliphatic hydroxyl groups excluding tert-OH is 1. The number of carbonyl (C=O) groups is 3. The molecule has 12 nitrogen and oxygen atoms in total. The van der Waals surface area contributed by atoms with Crippen LogP contribution in [0, 0.1) is 5.92 Å². The Kier molecular flexibility index (Phi) is 10.3. The van der Waals surface area contributed by atoms with E-state index >= 15 is 4.79 Å². The number of carbonyl (C=O) groups excluding carboxylic acids is 3. The zero-order valence-electron chi connectivity index (χ0n) is 30.5. The fraction of sp³-hybridized carbons (Fsp3) is 0.293. The first kappa shape index (κ1) is 36.9. The molecule has 3 amide bonds. The molecule has 278 valence electrons. The standard InChI is InChI=1S/C41H44N6O6Si/c1-29-39(54(2,3)52)38(19-21-44-26-31(20-22-48)42-43-44)53-41(29)36-24-35(47(28-50)33-14-8-5-9-15-33)17-18-37(36)45(40(41)51)25-30-11-10-16-34(23-30)46(27-49)32-12-6-4-7-13-32/h4-18,23-24,26-29,38-39,48,52H,19-22,25H2,1-3H3/t29-,38+,39-,41+/m1/s1. The third-order valence-corrected chi connectivity index (χ3v) is 13.2. The molecule has 13 heteroatoms. The van der Waals surface area contributed by atoms with Crippen LogP contribution in [-0.4, -0.2) is 64.7 Å². The summed E-state index contributed by atoms with van der Waals surface area (Å²) in [5, 5.41) is 17.7. The van der Waals surface area contributed by atoms with Crippen molar-refractivity contribution in [3.63, 3.8) is 0 Å². The maximum absolute atomic E-state index is 15.2. The summed E-state index contributed by atoms with van der Waals surface area (Å²) in [4.78, 5) is 56.8. The molecule has 0 unspecified atom stereocenters. The maximum Gasteiger partial charge on any atom is 0.264 e. The van der Waals surface area contributed by atoms with E-state index in [0.29, 0.717) is 59.1 Å². The van der Waals surface area contributed by atoms with Crippen LogP contribution in [0.2, 0.25) is 18.6 Å². The topological polar surface area (TPSA) is 141 Å². The zero-order chi connectivity index (χ0) is 38.0. The van der Waals surface area contributed by atoms with Crippen molar-refractivity contribution < 1.29 is 29.0 Å². The second kappa shape index (κ2) is 15.1. The second-order valence-electron chi connectivity index (χ2n) is 14.5. The predicted octanol–water partition coefficient (Wildman–Crippen LogP) is 5.84. The van der Waals surface area contributed by atoms with E-state index in [9.17, 15) is 19.5 Å². The van der Waals surface area contributed by atoms with E-state index < -0.39 is 25.9 Å². The minimum Gasteiger partial charge on any atom is -0.432 e. The average molecular weight is 745 g/mol. The Labute approximate surface area is 315 Å². The van der Waals surface area contributed by atoms with E-state index in [4.69, 9.17) is 4.74 Å². The minimum atomic E-state index is -2.97. The first-order valence-electron chi connectivity index (χ1n) is 18.1. The number of fused-ring (bicyclic) bond motifs is 2. The van der Waals surface area contributed by atoms with Gasteiger partial charge < -0.3 is 19.5 Å². The van der Waals surface area contributed by atoms with Crippen molar-refractivity contribution >= 4 is 55.5 Å². The van der Waals surface area contributed by atoms with E-state index in [-0.39, 0.29) is 24.6 Å². The van der Waals surface area contributed by atoms with Crippen LogP contribution in [0.4, 0.5) is 28.4 Å². The fourth-order valence-electron chi connectivity index (χ4n) is 8.28. The summed E-state index contributed by atoms with van der Waals surface area (Å²) in [7, 11) is -2.97. The van der Waals surface area contributed by atoms with Gasteiger partial charge in [0.1, 0.15) is 0 Å². The Bertz CT molecular complexity index is 2130. The number of hydrogen-bond donors (Lipinski definition) is 2. The molecule has 2 aliphatic heterocycles. The summed E-state index contributed by atoms with van der Waals surface area (Å²) in [5.74, 6) is -0.685. The predicted molar refractivity (Wildman–Crippen MR) is 208 cm³/mol. The molecule has 3 heterocycles. The van der Waals surface area contributed by atoms with Gasteiger partial charge in [-0.05, 0) is 79.7 Å².